The average Bonchev–Trinajstić information content (AvgIpc) is 2.32. The Labute approximate surface area is 107 Å². The van der Waals surface area contributed by atoms with Crippen LogP contribution in [0.2, 0.25) is 0 Å². The average molecular weight is 253 g/mol. The summed E-state index contributed by atoms with van der Waals surface area (Å²) in [5.41, 5.74) is 0.759. The predicted octanol–water partition coefficient (Wildman–Crippen LogP) is 1.48. The molecule has 0 fully saturated rings. The highest BCUT2D eigenvalue weighted by Crippen LogP contribution is 2.15. The van der Waals surface area contributed by atoms with Gasteiger partial charge < -0.3 is 14.7 Å². The van der Waals surface area contributed by atoms with Gasteiger partial charge in [0.1, 0.15) is 6.54 Å². The summed E-state index contributed by atoms with van der Waals surface area (Å²) < 4.78 is 5.45. The van der Waals surface area contributed by atoms with Gasteiger partial charge in [-0.2, -0.15) is 4.98 Å². The first-order valence-electron chi connectivity index (χ1n) is 6.02. The topological polar surface area (TPSA) is 75.5 Å². The minimum Gasteiger partial charge on any atom is -0.480 e. The van der Waals surface area contributed by atoms with Gasteiger partial charge in [-0.05, 0) is 20.3 Å². The molecule has 6 nitrogen and oxygen atoms in total. The Hall–Kier alpha value is -1.85. The summed E-state index contributed by atoms with van der Waals surface area (Å²) in [7, 11) is 0. The third-order valence-electron chi connectivity index (χ3n) is 2.26. The molecule has 0 spiro atoms. The van der Waals surface area contributed by atoms with Crippen LogP contribution in [0.5, 0.6) is 5.88 Å². The molecule has 18 heavy (non-hydrogen) atoms. The van der Waals surface area contributed by atoms with Gasteiger partial charge in [-0.3, -0.25) is 4.79 Å². The molecule has 0 aliphatic heterocycles. The van der Waals surface area contributed by atoms with E-state index in [0.717, 1.165) is 12.1 Å². The molecule has 1 rings (SSSR count). The number of hydrogen-bond acceptors (Lipinski definition) is 5. The molecule has 1 aromatic heterocycles. The summed E-state index contributed by atoms with van der Waals surface area (Å²) in [5.74, 6) is -0.0211. The van der Waals surface area contributed by atoms with Crippen LogP contribution in [0.25, 0.3) is 0 Å². The van der Waals surface area contributed by atoms with Crippen molar-refractivity contribution >= 4 is 11.9 Å². The number of aryl methyl sites for hydroxylation is 1. The predicted molar refractivity (Wildman–Crippen MR) is 68.1 cm³/mol. The van der Waals surface area contributed by atoms with E-state index >= 15 is 0 Å². The lowest BCUT2D eigenvalue weighted by Crippen LogP contribution is -2.31. The number of nitrogens with zero attached hydrogens (tertiary/aromatic N) is 3. The number of anilines is 1. The van der Waals surface area contributed by atoms with Gasteiger partial charge in [-0.15, -0.1) is 0 Å². The van der Waals surface area contributed by atoms with Gasteiger partial charge >= 0.3 is 5.97 Å². The molecule has 100 valence electrons. The number of carbonyl (C=O) groups is 1. The number of ether oxygens (including phenoxy) is 1. The zero-order chi connectivity index (χ0) is 13.5. The van der Waals surface area contributed by atoms with Crippen LogP contribution in [0.1, 0.15) is 26.0 Å². The monoisotopic (exact) mass is 253 g/mol. The molecule has 1 N–H and O–H groups in total. The van der Waals surface area contributed by atoms with Gasteiger partial charge in [0.05, 0.1) is 6.61 Å². The van der Waals surface area contributed by atoms with Crippen molar-refractivity contribution in [2.45, 2.75) is 27.2 Å². The molecule has 0 radical (unpaired) electrons. The zero-order valence-corrected chi connectivity index (χ0v) is 11.0. The third-order valence-corrected chi connectivity index (χ3v) is 2.26. The van der Waals surface area contributed by atoms with E-state index < -0.39 is 5.97 Å². The maximum absolute atomic E-state index is 10.8. The van der Waals surface area contributed by atoms with Crippen LogP contribution in [0.15, 0.2) is 6.07 Å². The van der Waals surface area contributed by atoms with Crippen molar-refractivity contribution in [2.24, 2.45) is 0 Å². The maximum Gasteiger partial charge on any atom is 0.323 e. The van der Waals surface area contributed by atoms with E-state index in [-0.39, 0.29) is 6.54 Å². The van der Waals surface area contributed by atoms with Crippen LogP contribution in [-0.2, 0) is 4.79 Å². The van der Waals surface area contributed by atoms with E-state index in [1.54, 1.807) is 11.0 Å². The molecule has 0 atom stereocenters. The highest BCUT2D eigenvalue weighted by molar-refractivity contribution is 5.72. The Bertz CT molecular complexity index is 410. The Morgan fingerprint density at radius 1 is 1.44 bits per heavy atom. The molecule has 0 unspecified atom stereocenters. The number of hydrogen-bond donors (Lipinski definition) is 1. The number of carboxylic acids is 1. The van der Waals surface area contributed by atoms with Crippen LogP contribution < -0.4 is 9.64 Å². The molecule has 0 saturated carbocycles. The van der Waals surface area contributed by atoms with Crippen LogP contribution in [0.4, 0.5) is 5.95 Å². The Morgan fingerprint density at radius 2 is 2.17 bits per heavy atom. The van der Waals surface area contributed by atoms with E-state index in [1.807, 2.05) is 20.8 Å². The van der Waals surface area contributed by atoms with Crippen LogP contribution in [0.3, 0.4) is 0 Å². The van der Waals surface area contributed by atoms with Gasteiger partial charge in [0, 0.05) is 18.3 Å². The second-order valence-electron chi connectivity index (χ2n) is 3.90. The van der Waals surface area contributed by atoms with Gasteiger partial charge in [0.25, 0.3) is 0 Å². The fourth-order valence-corrected chi connectivity index (χ4v) is 1.43. The van der Waals surface area contributed by atoms with E-state index in [9.17, 15) is 4.79 Å². The molecule has 0 amide bonds. The first-order valence-corrected chi connectivity index (χ1v) is 6.02. The normalized spacial score (nSPS) is 10.2. The van der Waals surface area contributed by atoms with Crippen molar-refractivity contribution < 1.29 is 14.6 Å². The van der Waals surface area contributed by atoms with Gasteiger partial charge in [-0.25, -0.2) is 4.98 Å². The summed E-state index contributed by atoms with van der Waals surface area (Å²) in [5, 5.41) is 8.83. The highest BCUT2D eigenvalue weighted by Gasteiger charge is 2.13. The molecular weight excluding hydrogens is 234 g/mol. The number of aromatic nitrogens is 2. The van der Waals surface area contributed by atoms with E-state index in [1.165, 1.54) is 0 Å². The van der Waals surface area contributed by atoms with E-state index in [2.05, 4.69) is 9.97 Å². The van der Waals surface area contributed by atoms with Crippen molar-refractivity contribution in [3.8, 4) is 5.88 Å². The maximum atomic E-state index is 10.8. The lowest BCUT2D eigenvalue weighted by Gasteiger charge is -2.19. The molecule has 0 aliphatic rings. The minimum absolute atomic E-state index is 0.118. The van der Waals surface area contributed by atoms with Gasteiger partial charge in [0.2, 0.25) is 11.8 Å². The minimum atomic E-state index is -0.905. The van der Waals surface area contributed by atoms with Crippen molar-refractivity contribution in [2.75, 3.05) is 24.6 Å². The molecule has 1 heterocycles. The number of carboxylic acid groups (broad SMARTS) is 1. The van der Waals surface area contributed by atoms with E-state index in [0.29, 0.717) is 25.0 Å². The summed E-state index contributed by atoms with van der Waals surface area (Å²) in [6.45, 7) is 6.70. The van der Waals surface area contributed by atoms with Crippen LogP contribution in [0, 0.1) is 6.92 Å². The molecule has 0 bridgehead atoms. The molecule has 6 heteroatoms. The SMILES string of the molecule is CCCOc1cc(C)nc(N(CC)CC(=O)O)n1. The van der Waals surface area contributed by atoms with Crippen molar-refractivity contribution in [3.63, 3.8) is 0 Å². The molecule has 0 saturated heterocycles. The molecular formula is C12H19N3O3. The van der Waals surface area contributed by atoms with Gasteiger partial charge in [0.15, 0.2) is 0 Å². The highest BCUT2D eigenvalue weighted by atomic mass is 16.5. The Balaban J connectivity index is 2.91. The van der Waals surface area contributed by atoms with Crippen molar-refractivity contribution in [3.05, 3.63) is 11.8 Å². The summed E-state index contributed by atoms with van der Waals surface area (Å²) in [4.78, 5) is 20.8. The first-order chi connectivity index (χ1) is 8.56. The fourth-order valence-electron chi connectivity index (χ4n) is 1.43. The molecule has 1 aromatic rings. The summed E-state index contributed by atoms with van der Waals surface area (Å²) in [6, 6.07) is 1.74. The van der Waals surface area contributed by atoms with Crippen LogP contribution in [-0.4, -0.2) is 40.7 Å². The summed E-state index contributed by atoms with van der Waals surface area (Å²) in [6.07, 6.45) is 0.894. The molecule has 0 aromatic carbocycles. The quantitative estimate of drug-likeness (QED) is 0.793. The largest absolute Gasteiger partial charge is 0.480 e. The standard InChI is InChI=1S/C12H19N3O3/c1-4-6-18-10-7-9(3)13-12(14-10)15(5-2)8-11(16)17/h7H,4-6,8H2,1-3H3,(H,16,17). The van der Waals surface area contributed by atoms with E-state index in [4.69, 9.17) is 9.84 Å². The lowest BCUT2D eigenvalue weighted by atomic mass is 10.4. The lowest BCUT2D eigenvalue weighted by molar-refractivity contribution is -0.135. The smallest absolute Gasteiger partial charge is 0.323 e. The summed E-state index contributed by atoms with van der Waals surface area (Å²) >= 11 is 0. The number of rotatable bonds is 7. The third kappa shape index (κ3) is 4.20. The number of aliphatic carboxylic acids is 1. The Kier molecular flexibility index (Phi) is 5.35. The zero-order valence-electron chi connectivity index (χ0n) is 11.0. The van der Waals surface area contributed by atoms with Gasteiger partial charge in [-0.1, -0.05) is 6.92 Å². The van der Waals surface area contributed by atoms with Crippen molar-refractivity contribution in [1.29, 1.82) is 0 Å². The fraction of sp³-hybridized carbons (Fsp3) is 0.583. The number of likely N-dealkylation sites (N-methyl/N-ethyl adjacent to an activating group) is 1. The molecule has 0 aliphatic carbocycles. The first kappa shape index (κ1) is 14.2. The van der Waals surface area contributed by atoms with Crippen molar-refractivity contribution in [1.82, 2.24) is 9.97 Å². The second kappa shape index (κ2) is 6.78. The second-order valence-corrected chi connectivity index (χ2v) is 3.90. The van der Waals surface area contributed by atoms with Crippen LogP contribution >= 0.6 is 0 Å². The Morgan fingerprint density at radius 3 is 2.72 bits per heavy atom.